The first kappa shape index (κ1) is 20.6. The molecule has 0 atom stereocenters. The van der Waals surface area contributed by atoms with Gasteiger partial charge in [0.15, 0.2) is 0 Å². The number of carbonyl (C=O) groups is 1. The zero-order valence-corrected chi connectivity index (χ0v) is 17.9. The van der Waals surface area contributed by atoms with E-state index in [0.29, 0.717) is 24.6 Å². The van der Waals surface area contributed by atoms with Crippen LogP contribution >= 0.6 is 0 Å². The number of hydrogen-bond donors (Lipinski definition) is 1. The maximum Gasteiger partial charge on any atom is 0.252 e. The van der Waals surface area contributed by atoms with Crippen molar-refractivity contribution >= 4 is 16.8 Å². The number of hydrogen-bond acceptors (Lipinski definition) is 3. The van der Waals surface area contributed by atoms with E-state index in [0.717, 1.165) is 22.9 Å². The molecule has 0 spiro atoms. The Morgan fingerprint density at radius 1 is 0.871 bits per heavy atom. The van der Waals surface area contributed by atoms with Crippen LogP contribution < -0.4 is 10.1 Å². The highest BCUT2D eigenvalue weighted by atomic mass is 16.5. The number of pyridine rings is 1. The molecule has 0 unspecified atom stereocenters. The van der Waals surface area contributed by atoms with Crippen molar-refractivity contribution in [3.63, 3.8) is 0 Å². The lowest BCUT2D eigenvalue weighted by Gasteiger charge is -2.12. The molecule has 0 bridgehead atoms. The maximum atomic E-state index is 13.0. The predicted octanol–water partition coefficient (Wildman–Crippen LogP) is 5.40. The van der Waals surface area contributed by atoms with Crippen molar-refractivity contribution in [1.29, 1.82) is 0 Å². The van der Waals surface area contributed by atoms with Crippen LogP contribution in [0.15, 0.2) is 78.9 Å². The second kappa shape index (κ2) is 9.43. The number of rotatable bonds is 7. The normalized spacial score (nSPS) is 10.8. The molecular weight excluding hydrogens is 384 g/mol. The average Bonchev–Trinajstić information content (AvgIpc) is 2.78. The van der Waals surface area contributed by atoms with Crippen LogP contribution in [0, 0.1) is 13.8 Å². The minimum absolute atomic E-state index is 0.119. The van der Waals surface area contributed by atoms with Gasteiger partial charge in [0.2, 0.25) is 5.88 Å². The van der Waals surface area contributed by atoms with Gasteiger partial charge in [0, 0.05) is 18.0 Å². The predicted molar refractivity (Wildman–Crippen MR) is 124 cm³/mol. The molecular formula is C27H26N2O2. The molecule has 4 aromatic rings. The van der Waals surface area contributed by atoms with E-state index in [1.807, 2.05) is 42.5 Å². The van der Waals surface area contributed by atoms with E-state index < -0.39 is 0 Å². The van der Waals surface area contributed by atoms with Crippen LogP contribution in [-0.2, 0) is 13.0 Å². The summed E-state index contributed by atoms with van der Waals surface area (Å²) < 4.78 is 5.93. The van der Waals surface area contributed by atoms with Gasteiger partial charge in [-0.1, -0.05) is 77.9 Å². The van der Waals surface area contributed by atoms with E-state index in [1.54, 1.807) is 6.07 Å². The number of carbonyl (C=O) groups excluding carboxylic acids is 1. The number of nitrogens with one attached hydrogen (secondary N) is 1. The Balaban J connectivity index is 1.49. The summed E-state index contributed by atoms with van der Waals surface area (Å²) in [5, 5.41) is 3.86. The SMILES string of the molecule is Cc1ccc(COc2cc(C(=O)NCCc3cccc(C)c3)c3ccccc3n2)cc1. The van der Waals surface area contributed by atoms with Gasteiger partial charge < -0.3 is 10.1 Å². The van der Waals surface area contributed by atoms with E-state index in [2.05, 4.69) is 54.5 Å². The van der Waals surface area contributed by atoms with Crippen LogP contribution in [0.25, 0.3) is 10.9 Å². The number of ether oxygens (including phenoxy) is 1. The van der Waals surface area contributed by atoms with Gasteiger partial charge >= 0.3 is 0 Å². The first-order chi connectivity index (χ1) is 15.1. The van der Waals surface area contributed by atoms with Gasteiger partial charge in [0.25, 0.3) is 5.91 Å². The van der Waals surface area contributed by atoms with Crippen LogP contribution in [0.4, 0.5) is 0 Å². The van der Waals surface area contributed by atoms with Crippen molar-refractivity contribution < 1.29 is 9.53 Å². The van der Waals surface area contributed by atoms with Crippen LogP contribution in [-0.4, -0.2) is 17.4 Å². The van der Waals surface area contributed by atoms with Gasteiger partial charge in [0.05, 0.1) is 11.1 Å². The van der Waals surface area contributed by atoms with Crippen molar-refractivity contribution in [3.05, 3.63) is 107 Å². The highest BCUT2D eigenvalue weighted by Gasteiger charge is 2.13. The Morgan fingerprint density at radius 3 is 2.48 bits per heavy atom. The van der Waals surface area contributed by atoms with Crippen molar-refractivity contribution in [2.45, 2.75) is 26.9 Å². The zero-order valence-electron chi connectivity index (χ0n) is 17.9. The summed E-state index contributed by atoms with van der Waals surface area (Å²) in [7, 11) is 0. The largest absolute Gasteiger partial charge is 0.473 e. The Hall–Kier alpha value is -3.66. The molecule has 0 saturated heterocycles. The summed E-state index contributed by atoms with van der Waals surface area (Å²) in [6.45, 7) is 5.10. The summed E-state index contributed by atoms with van der Waals surface area (Å²) >= 11 is 0. The quantitative estimate of drug-likeness (QED) is 0.444. The summed E-state index contributed by atoms with van der Waals surface area (Å²) in [6, 6.07) is 25.9. The van der Waals surface area contributed by atoms with Crippen molar-refractivity contribution in [2.75, 3.05) is 6.54 Å². The van der Waals surface area contributed by atoms with Gasteiger partial charge in [-0.05, 0) is 37.5 Å². The molecule has 1 N–H and O–H groups in total. The third kappa shape index (κ3) is 5.28. The third-order valence-electron chi connectivity index (χ3n) is 5.23. The fourth-order valence-electron chi connectivity index (χ4n) is 3.54. The lowest BCUT2D eigenvalue weighted by Crippen LogP contribution is -2.26. The number of benzene rings is 3. The van der Waals surface area contributed by atoms with E-state index in [-0.39, 0.29) is 5.91 Å². The Kier molecular flexibility index (Phi) is 6.27. The van der Waals surface area contributed by atoms with Crippen molar-refractivity contribution in [2.24, 2.45) is 0 Å². The Bertz CT molecular complexity index is 1200. The highest BCUT2D eigenvalue weighted by Crippen LogP contribution is 2.23. The van der Waals surface area contributed by atoms with Gasteiger partial charge in [-0.25, -0.2) is 4.98 Å². The van der Waals surface area contributed by atoms with Crippen LogP contribution in [0.1, 0.15) is 32.6 Å². The molecule has 4 rings (SSSR count). The first-order valence-electron chi connectivity index (χ1n) is 10.5. The highest BCUT2D eigenvalue weighted by molar-refractivity contribution is 6.06. The van der Waals surface area contributed by atoms with E-state index >= 15 is 0 Å². The molecule has 3 aromatic carbocycles. The van der Waals surface area contributed by atoms with E-state index in [9.17, 15) is 4.79 Å². The number of nitrogens with zero attached hydrogens (tertiary/aromatic N) is 1. The molecule has 31 heavy (non-hydrogen) atoms. The second-order valence-corrected chi connectivity index (χ2v) is 7.79. The number of fused-ring (bicyclic) bond motifs is 1. The number of para-hydroxylation sites is 1. The molecule has 4 nitrogen and oxygen atoms in total. The van der Waals surface area contributed by atoms with E-state index in [4.69, 9.17) is 4.74 Å². The van der Waals surface area contributed by atoms with Gasteiger partial charge in [0.1, 0.15) is 6.61 Å². The third-order valence-corrected chi connectivity index (χ3v) is 5.23. The Morgan fingerprint density at radius 2 is 1.68 bits per heavy atom. The smallest absolute Gasteiger partial charge is 0.252 e. The summed E-state index contributed by atoms with van der Waals surface area (Å²) in [5.74, 6) is 0.328. The molecule has 156 valence electrons. The summed E-state index contributed by atoms with van der Waals surface area (Å²) in [6.07, 6.45) is 0.785. The lowest BCUT2D eigenvalue weighted by atomic mass is 10.1. The number of aromatic nitrogens is 1. The van der Waals surface area contributed by atoms with Crippen molar-refractivity contribution in [3.8, 4) is 5.88 Å². The summed E-state index contributed by atoms with van der Waals surface area (Å²) in [4.78, 5) is 17.6. The van der Waals surface area contributed by atoms with E-state index in [1.165, 1.54) is 16.7 Å². The molecule has 4 heteroatoms. The molecule has 0 aliphatic rings. The first-order valence-corrected chi connectivity index (χ1v) is 10.5. The second-order valence-electron chi connectivity index (χ2n) is 7.79. The van der Waals surface area contributed by atoms with Gasteiger partial charge in [-0.15, -0.1) is 0 Å². The minimum atomic E-state index is -0.119. The Labute approximate surface area is 182 Å². The zero-order chi connectivity index (χ0) is 21.6. The molecule has 1 aromatic heterocycles. The molecule has 0 fully saturated rings. The summed E-state index contributed by atoms with van der Waals surface area (Å²) in [5.41, 5.74) is 6.02. The molecule has 0 radical (unpaired) electrons. The van der Waals surface area contributed by atoms with Crippen molar-refractivity contribution in [1.82, 2.24) is 10.3 Å². The average molecular weight is 411 g/mol. The molecule has 0 aliphatic carbocycles. The molecule has 0 saturated carbocycles. The fraction of sp³-hybridized carbons (Fsp3) is 0.185. The van der Waals surface area contributed by atoms with Gasteiger partial charge in [-0.3, -0.25) is 4.79 Å². The maximum absolute atomic E-state index is 13.0. The fourth-order valence-corrected chi connectivity index (χ4v) is 3.54. The lowest BCUT2D eigenvalue weighted by molar-refractivity contribution is 0.0955. The molecule has 1 heterocycles. The number of amides is 1. The molecule has 0 aliphatic heterocycles. The van der Waals surface area contributed by atoms with Crippen LogP contribution in [0.5, 0.6) is 5.88 Å². The monoisotopic (exact) mass is 410 g/mol. The molecule has 1 amide bonds. The topological polar surface area (TPSA) is 51.2 Å². The standard InChI is InChI=1S/C27H26N2O2/c1-19-10-12-22(13-11-19)18-31-26-17-24(23-8-3-4-9-25(23)29-26)27(30)28-15-14-21-7-5-6-20(2)16-21/h3-13,16-17H,14-15,18H2,1-2H3,(H,28,30). The van der Waals surface area contributed by atoms with Crippen LogP contribution in [0.2, 0.25) is 0 Å². The van der Waals surface area contributed by atoms with Crippen LogP contribution in [0.3, 0.4) is 0 Å². The minimum Gasteiger partial charge on any atom is -0.473 e. The van der Waals surface area contributed by atoms with Gasteiger partial charge in [-0.2, -0.15) is 0 Å². The number of aryl methyl sites for hydroxylation is 2.